The van der Waals surface area contributed by atoms with E-state index in [1.807, 2.05) is 42.2 Å². The van der Waals surface area contributed by atoms with E-state index >= 15 is 0 Å². The third kappa shape index (κ3) is 5.76. The van der Waals surface area contributed by atoms with Gasteiger partial charge in [-0.15, -0.1) is 0 Å². The maximum absolute atomic E-state index is 13.2. The average molecular weight is 394 g/mol. The van der Waals surface area contributed by atoms with Crippen LogP contribution in [0.2, 0.25) is 0 Å². The van der Waals surface area contributed by atoms with Crippen molar-refractivity contribution in [3.63, 3.8) is 0 Å². The summed E-state index contributed by atoms with van der Waals surface area (Å²) in [5.41, 5.74) is 1.70. The van der Waals surface area contributed by atoms with Gasteiger partial charge in [0.25, 0.3) is 0 Å². The van der Waals surface area contributed by atoms with Gasteiger partial charge in [0.05, 0.1) is 5.92 Å². The first-order valence-corrected chi connectivity index (χ1v) is 10.1. The first-order valence-electron chi connectivity index (χ1n) is 10.1. The van der Waals surface area contributed by atoms with E-state index in [0.29, 0.717) is 18.7 Å². The lowest BCUT2D eigenvalue weighted by Gasteiger charge is -2.34. The molecule has 1 fully saturated rings. The summed E-state index contributed by atoms with van der Waals surface area (Å²) in [5.74, 6) is -0.480. The van der Waals surface area contributed by atoms with Crippen molar-refractivity contribution >= 4 is 17.9 Å². The molecule has 0 saturated carbocycles. The molecule has 2 aromatic carbocycles. The molecule has 0 radical (unpaired) electrons. The van der Waals surface area contributed by atoms with Crippen molar-refractivity contribution < 1.29 is 14.0 Å². The number of likely N-dealkylation sites (tertiary alicyclic amines) is 1. The molecule has 1 N–H and O–H groups in total. The average Bonchev–Trinajstić information content (AvgIpc) is 2.74. The van der Waals surface area contributed by atoms with Gasteiger partial charge in [-0.1, -0.05) is 49.4 Å². The third-order valence-electron chi connectivity index (χ3n) is 5.34. The first-order chi connectivity index (χ1) is 14.1. The second-order valence-electron chi connectivity index (χ2n) is 7.37. The van der Waals surface area contributed by atoms with Crippen LogP contribution in [0, 0.1) is 5.82 Å². The molecule has 1 saturated heterocycles. The molecule has 4 nitrogen and oxygen atoms in total. The van der Waals surface area contributed by atoms with Gasteiger partial charge in [0.1, 0.15) is 5.82 Å². The Morgan fingerprint density at radius 1 is 1.14 bits per heavy atom. The lowest BCUT2D eigenvalue weighted by molar-refractivity contribution is -0.134. The van der Waals surface area contributed by atoms with Crippen LogP contribution >= 0.6 is 0 Å². The van der Waals surface area contributed by atoms with Gasteiger partial charge in [-0.3, -0.25) is 9.59 Å². The summed E-state index contributed by atoms with van der Waals surface area (Å²) in [5, 5.41) is 2.98. The van der Waals surface area contributed by atoms with Gasteiger partial charge in [0, 0.05) is 25.2 Å². The second-order valence-corrected chi connectivity index (χ2v) is 7.37. The molecule has 0 bridgehead atoms. The van der Waals surface area contributed by atoms with Crippen molar-refractivity contribution in [1.82, 2.24) is 10.2 Å². The Kier molecular flexibility index (Phi) is 7.17. The standard InChI is InChI=1S/C24H27FN2O2/c1-2-22(19-8-4-3-5-9-19)24(29)27-15-13-21(14-16-27)26-23(28)12-11-18-7-6-10-20(25)17-18/h3-12,17,21-22H,2,13-16H2,1H3,(H,26,28). The minimum absolute atomic E-state index is 0.0421. The first kappa shape index (κ1) is 20.8. The SMILES string of the molecule is CCC(C(=O)N1CCC(NC(=O)C=Cc2cccc(F)c2)CC1)c1ccccc1. The molecule has 1 atom stereocenters. The Labute approximate surface area is 171 Å². The zero-order valence-electron chi connectivity index (χ0n) is 16.7. The van der Waals surface area contributed by atoms with E-state index in [1.165, 1.54) is 18.2 Å². The lowest BCUT2D eigenvalue weighted by Crippen LogP contribution is -2.47. The second kappa shape index (κ2) is 10.0. The van der Waals surface area contributed by atoms with Crippen LogP contribution in [-0.4, -0.2) is 35.8 Å². The van der Waals surface area contributed by atoms with E-state index in [0.717, 1.165) is 24.8 Å². The number of benzene rings is 2. The van der Waals surface area contributed by atoms with Crippen molar-refractivity contribution in [2.45, 2.75) is 38.1 Å². The van der Waals surface area contributed by atoms with E-state index in [1.54, 1.807) is 18.2 Å². The number of rotatable bonds is 6. The zero-order chi connectivity index (χ0) is 20.6. The number of hydrogen-bond acceptors (Lipinski definition) is 2. The molecule has 1 heterocycles. The van der Waals surface area contributed by atoms with E-state index in [4.69, 9.17) is 0 Å². The fourth-order valence-electron chi connectivity index (χ4n) is 3.73. The van der Waals surface area contributed by atoms with Crippen molar-refractivity contribution in [2.75, 3.05) is 13.1 Å². The minimum atomic E-state index is -0.328. The topological polar surface area (TPSA) is 49.4 Å². The largest absolute Gasteiger partial charge is 0.350 e. The van der Waals surface area contributed by atoms with Crippen LogP contribution in [0.3, 0.4) is 0 Å². The quantitative estimate of drug-likeness (QED) is 0.749. The molecule has 0 spiro atoms. The molecule has 1 aliphatic rings. The van der Waals surface area contributed by atoms with E-state index < -0.39 is 0 Å². The minimum Gasteiger partial charge on any atom is -0.350 e. The van der Waals surface area contributed by atoms with Gasteiger partial charge < -0.3 is 10.2 Å². The van der Waals surface area contributed by atoms with Crippen LogP contribution < -0.4 is 5.32 Å². The number of nitrogens with one attached hydrogen (secondary N) is 1. The summed E-state index contributed by atoms with van der Waals surface area (Å²) in [6, 6.07) is 16.0. The summed E-state index contributed by atoms with van der Waals surface area (Å²) in [6.07, 6.45) is 5.26. The van der Waals surface area contributed by atoms with E-state index in [9.17, 15) is 14.0 Å². The molecule has 5 heteroatoms. The molecule has 152 valence electrons. The number of halogens is 1. The molecule has 2 amide bonds. The predicted molar refractivity (Wildman–Crippen MR) is 113 cm³/mol. The fourth-order valence-corrected chi connectivity index (χ4v) is 3.73. The Morgan fingerprint density at radius 2 is 1.86 bits per heavy atom. The maximum atomic E-state index is 13.2. The maximum Gasteiger partial charge on any atom is 0.244 e. The number of piperidine rings is 1. The van der Waals surface area contributed by atoms with Gasteiger partial charge in [0.15, 0.2) is 0 Å². The summed E-state index contributed by atoms with van der Waals surface area (Å²) in [6.45, 7) is 3.31. The highest BCUT2D eigenvalue weighted by Crippen LogP contribution is 2.24. The summed E-state index contributed by atoms with van der Waals surface area (Å²) in [4.78, 5) is 27.0. The molecular weight excluding hydrogens is 367 g/mol. The Morgan fingerprint density at radius 3 is 2.52 bits per heavy atom. The number of amides is 2. The highest BCUT2D eigenvalue weighted by Gasteiger charge is 2.28. The molecule has 0 aliphatic carbocycles. The fraction of sp³-hybridized carbons (Fsp3) is 0.333. The van der Waals surface area contributed by atoms with Crippen LogP contribution in [0.25, 0.3) is 6.08 Å². The Balaban J connectivity index is 1.49. The monoisotopic (exact) mass is 394 g/mol. The van der Waals surface area contributed by atoms with Crippen LogP contribution in [0.4, 0.5) is 4.39 Å². The molecule has 29 heavy (non-hydrogen) atoms. The molecule has 2 aromatic rings. The normalized spacial score (nSPS) is 16.0. The summed E-state index contributed by atoms with van der Waals surface area (Å²) >= 11 is 0. The van der Waals surface area contributed by atoms with Gasteiger partial charge in [-0.05, 0) is 48.6 Å². The smallest absolute Gasteiger partial charge is 0.244 e. The molecular formula is C24H27FN2O2. The number of hydrogen-bond donors (Lipinski definition) is 1. The molecule has 1 aliphatic heterocycles. The Bertz CT molecular complexity index is 858. The number of carbonyl (C=O) groups excluding carboxylic acids is 2. The third-order valence-corrected chi connectivity index (χ3v) is 5.34. The van der Waals surface area contributed by atoms with Crippen LogP contribution in [-0.2, 0) is 9.59 Å². The number of nitrogens with zero attached hydrogens (tertiary/aromatic N) is 1. The van der Waals surface area contributed by atoms with Crippen LogP contribution in [0.15, 0.2) is 60.7 Å². The zero-order valence-corrected chi connectivity index (χ0v) is 16.7. The van der Waals surface area contributed by atoms with E-state index in [2.05, 4.69) is 5.32 Å². The van der Waals surface area contributed by atoms with Gasteiger partial charge in [-0.25, -0.2) is 4.39 Å². The summed E-state index contributed by atoms with van der Waals surface area (Å²) < 4.78 is 13.2. The highest BCUT2D eigenvalue weighted by atomic mass is 19.1. The Hall–Kier alpha value is -2.95. The van der Waals surface area contributed by atoms with Crippen molar-refractivity contribution in [3.8, 4) is 0 Å². The van der Waals surface area contributed by atoms with Crippen molar-refractivity contribution in [1.29, 1.82) is 0 Å². The molecule has 0 aromatic heterocycles. The van der Waals surface area contributed by atoms with Crippen LogP contribution in [0.5, 0.6) is 0 Å². The lowest BCUT2D eigenvalue weighted by atomic mass is 9.93. The van der Waals surface area contributed by atoms with Crippen LogP contribution in [0.1, 0.15) is 43.2 Å². The van der Waals surface area contributed by atoms with Crippen molar-refractivity contribution in [3.05, 3.63) is 77.6 Å². The van der Waals surface area contributed by atoms with Gasteiger partial charge >= 0.3 is 0 Å². The highest BCUT2D eigenvalue weighted by molar-refractivity contribution is 5.92. The van der Waals surface area contributed by atoms with E-state index in [-0.39, 0.29) is 29.6 Å². The van der Waals surface area contributed by atoms with Gasteiger partial charge in [-0.2, -0.15) is 0 Å². The predicted octanol–water partition coefficient (Wildman–Crippen LogP) is 4.14. The number of carbonyl (C=O) groups is 2. The van der Waals surface area contributed by atoms with Crippen molar-refractivity contribution in [2.24, 2.45) is 0 Å². The summed E-state index contributed by atoms with van der Waals surface area (Å²) in [7, 11) is 0. The molecule has 1 unspecified atom stereocenters. The molecule has 3 rings (SSSR count). The van der Waals surface area contributed by atoms with Gasteiger partial charge in [0.2, 0.25) is 11.8 Å².